The van der Waals surface area contributed by atoms with Gasteiger partial charge in [-0.1, -0.05) is 0 Å². The number of nitrogens with zero attached hydrogens (tertiary/aromatic N) is 2. The molecule has 0 radical (unpaired) electrons. The maximum atomic E-state index is 11.6. The molecule has 0 aliphatic rings. The third-order valence-electron chi connectivity index (χ3n) is 1.96. The normalized spacial score (nSPS) is 10.9. The molecule has 18 heavy (non-hydrogen) atoms. The molecule has 6 heteroatoms. The fourth-order valence-corrected chi connectivity index (χ4v) is 1.35. The number of amides is 1. The summed E-state index contributed by atoms with van der Waals surface area (Å²) in [4.78, 5) is 19.9. The Hall–Kier alpha value is -1.85. The van der Waals surface area contributed by atoms with E-state index in [9.17, 15) is 4.79 Å². The smallest absolute Gasteiger partial charge is 0.239 e. The fraction of sp³-hybridized carbons (Fsp3) is 0.583. The second-order valence-corrected chi connectivity index (χ2v) is 5.03. The van der Waals surface area contributed by atoms with E-state index < -0.39 is 0 Å². The molecule has 0 saturated carbocycles. The van der Waals surface area contributed by atoms with E-state index in [0.717, 1.165) is 5.69 Å². The molecule has 0 atom stereocenters. The van der Waals surface area contributed by atoms with E-state index >= 15 is 0 Å². The first kappa shape index (κ1) is 14.2. The van der Waals surface area contributed by atoms with Gasteiger partial charge in [-0.05, 0) is 27.7 Å². The summed E-state index contributed by atoms with van der Waals surface area (Å²) in [6.07, 6.45) is 0. The van der Waals surface area contributed by atoms with E-state index in [2.05, 4.69) is 20.6 Å². The highest BCUT2D eigenvalue weighted by molar-refractivity contribution is 5.80. The lowest BCUT2D eigenvalue weighted by Crippen LogP contribution is -2.43. The zero-order valence-electron chi connectivity index (χ0n) is 11.5. The molecule has 1 aromatic rings. The van der Waals surface area contributed by atoms with Crippen LogP contribution in [-0.2, 0) is 4.79 Å². The molecular weight excluding hydrogens is 232 g/mol. The zero-order chi connectivity index (χ0) is 13.8. The molecule has 1 amide bonds. The second kappa shape index (κ2) is 5.66. The molecule has 0 aliphatic heterocycles. The number of carbonyl (C=O) groups excluding carboxylic acids is 1. The van der Waals surface area contributed by atoms with Crippen LogP contribution in [0.25, 0.3) is 0 Å². The summed E-state index contributed by atoms with van der Waals surface area (Å²) in [7, 11) is 1.54. The van der Waals surface area contributed by atoms with Gasteiger partial charge in [0.2, 0.25) is 17.7 Å². The molecule has 1 aromatic heterocycles. The van der Waals surface area contributed by atoms with E-state index in [4.69, 9.17) is 4.74 Å². The van der Waals surface area contributed by atoms with Gasteiger partial charge in [-0.25, -0.2) is 4.98 Å². The van der Waals surface area contributed by atoms with E-state index in [-0.39, 0.29) is 18.0 Å². The second-order valence-electron chi connectivity index (χ2n) is 5.03. The van der Waals surface area contributed by atoms with Gasteiger partial charge in [0, 0.05) is 17.3 Å². The maximum absolute atomic E-state index is 11.6. The lowest BCUT2D eigenvalue weighted by atomic mass is 10.1. The van der Waals surface area contributed by atoms with E-state index in [1.54, 1.807) is 6.07 Å². The lowest BCUT2D eigenvalue weighted by molar-refractivity contribution is -0.120. The SMILES string of the molecule is COc1cc(C)nc(NCC(=O)NC(C)(C)C)n1. The first-order chi connectivity index (χ1) is 8.30. The first-order valence-electron chi connectivity index (χ1n) is 5.75. The van der Waals surface area contributed by atoms with Crippen LogP contribution in [0, 0.1) is 6.92 Å². The van der Waals surface area contributed by atoms with Gasteiger partial charge < -0.3 is 15.4 Å². The summed E-state index contributed by atoms with van der Waals surface area (Å²) < 4.78 is 5.03. The molecule has 0 bridgehead atoms. The van der Waals surface area contributed by atoms with Crippen molar-refractivity contribution in [2.75, 3.05) is 19.0 Å². The van der Waals surface area contributed by atoms with Crippen LogP contribution in [0.4, 0.5) is 5.95 Å². The number of anilines is 1. The molecule has 0 aromatic carbocycles. The molecule has 0 fully saturated rings. The van der Waals surface area contributed by atoms with Gasteiger partial charge >= 0.3 is 0 Å². The molecule has 0 aliphatic carbocycles. The van der Waals surface area contributed by atoms with Gasteiger partial charge in [0.05, 0.1) is 13.7 Å². The van der Waals surface area contributed by atoms with Gasteiger partial charge in [-0.3, -0.25) is 4.79 Å². The van der Waals surface area contributed by atoms with Gasteiger partial charge in [0.25, 0.3) is 0 Å². The summed E-state index contributed by atoms with van der Waals surface area (Å²) >= 11 is 0. The van der Waals surface area contributed by atoms with Crippen molar-refractivity contribution < 1.29 is 9.53 Å². The van der Waals surface area contributed by atoms with Gasteiger partial charge in [0.1, 0.15) is 0 Å². The Kier molecular flexibility index (Phi) is 4.47. The summed E-state index contributed by atoms with van der Waals surface area (Å²) in [5, 5.41) is 5.71. The average molecular weight is 252 g/mol. The Morgan fingerprint density at radius 2 is 2.06 bits per heavy atom. The predicted molar refractivity (Wildman–Crippen MR) is 69.7 cm³/mol. The zero-order valence-corrected chi connectivity index (χ0v) is 11.5. The Morgan fingerprint density at radius 1 is 1.39 bits per heavy atom. The fourth-order valence-electron chi connectivity index (χ4n) is 1.35. The number of carbonyl (C=O) groups is 1. The Balaban J connectivity index is 2.58. The first-order valence-corrected chi connectivity index (χ1v) is 5.75. The largest absolute Gasteiger partial charge is 0.481 e. The van der Waals surface area contributed by atoms with Crippen LogP contribution in [-0.4, -0.2) is 35.1 Å². The minimum atomic E-state index is -0.246. The van der Waals surface area contributed by atoms with Crippen molar-refractivity contribution in [1.29, 1.82) is 0 Å². The summed E-state index contributed by atoms with van der Waals surface area (Å²) in [6, 6.07) is 1.72. The molecule has 2 N–H and O–H groups in total. The molecule has 0 saturated heterocycles. The third kappa shape index (κ3) is 4.99. The van der Waals surface area contributed by atoms with E-state index in [1.807, 2.05) is 27.7 Å². The number of hydrogen-bond acceptors (Lipinski definition) is 5. The Labute approximate surface area is 107 Å². The molecule has 0 unspecified atom stereocenters. The Bertz CT molecular complexity index is 427. The Morgan fingerprint density at radius 3 is 2.61 bits per heavy atom. The minimum Gasteiger partial charge on any atom is -0.481 e. The molecule has 6 nitrogen and oxygen atoms in total. The van der Waals surface area contributed by atoms with Crippen LogP contribution in [0.3, 0.4) is 0 Å². The van der Waals surface area contributed by atoms with Crippen molar-refractivity contribution in [3.8, 4) is 5.88 Å². The highest BCUT2D eigenvalue weighted by Crippen LogP contribution is 2.10. The number of nitrogens with one attached hydrogen (secondary N) is 2. The van der Waals surface area contributed by atoms with Crippen LogP contribution < -0.4 is 15.4 Å². The quantitative estimate of drug-likeness (QED) is 0.839. The topological polar surface area (TPSA) is 76.1 Å². The van der Waals surface area contributed by atoms with Gasteiger partial charge in [-0.2, -0.15) is 4.98 Å². The minimum absolute atomic E-state index is 0.105. The molecule has 100 valence electrons. The standard InChI is InChI=1S/C12H20N4O2/c1-8-6-10(18-5)15-11(14-8)13-7-9(17)16-12(2,3)4/h6H,7H2,1-5H3,(H,16,17)(H,13,14,15). The third-order valence-corrected chi connectivity index (χ3v) is 1.96. The van der Waals surface area contributed by atoms with Crippen LogP contribution in [0.15, 0.2) is 6.07 Å². The highest BCUT2D eigenvalue weighted by Gasteiger charge is 2.13. The van der Waals surface area contributed by atoms with Crippen molar-refractivity contribution >= 4 is 11.9 Å². The monoisotopic (exact) mass is 252 g/mol. The maximum Gasteiger partial charge on any atom is 0.239 e. The number of ether oxygens (including phenoxy) is 1. The highest BCUT2D eigenvalue weighted by atomic mass is 16.5. The number of hydrogen-bond donors (Lipinski definition) is 2. The van der Waals surface area contributed by atoms with Crippen molar-refractivity contribution in [3.63, 3.8) is 0 Å². The van der Waals surface area contributed by atoms with E-state index in [0.29, 0.717) is 11.8 Å². The van der Waals surface area contributed by atoms with Crippen LogP contribution in [0.1, 0.15) is 26.5 Å². The lowest BCUT2D eigenvalue weighted by Gasteiger charge is -2.20. The summed E-state index contributed by atoms with van der Waals surface area (Å²) in [6.45, 7) is 7.75. The number of rotatable bonds is 4. The van der Waals surface area contributed by atoms with Crippen molar-refractivity contribution in [1.82, 2.24) is 15.3 Å². The van der Waals surface area contributed by atoms with Crippen LogP contribution >= 0.6 is 0 Å². The summed E-state index contributed by atoms with van der Waals surface area (Å²) in [5.74, 6) is 0.753. The number of aryl methyl sites for hydroxylation is 1. The molecule has 1 rings (SSSR count). The van der Waals surface area contributed by atoms with Crippen molar-refractivity contribution in [2.24, 2.45) is 0 Å². The number of aromatic nitrogens is 2. The van der Waals surface area contributed by atoms with Gasteiger partial charge in [-0.15, -0.1) is 0 Å². The van der Waals surface area contributed by atoms with Gasteiger partial charge in [0.15, 0.2) is 0 Å². The molecular formula is C12H20N4O2. The van der Waals surface area contributed by atoms with E-state index in [1.165, 1.54) is 7.11 Å². The summed E-state index contributed by atoms with van der Waals surface area (Å²) in [5.41, 5.74) is 0.532. The predicted octanol–water partition coefficient (Wildman–Crippen LogP) is 1.12. The van der Waals surface area contributed by atoms with Crippen LogP contribution in [0.2, 0.25) is 0 Å². The molecule has 0 spiro atoms. The van der Waals surface area contributed by atoms with Crippen molar-refractivity contribution in [3.05, 3.63) is 11.8 Å². The average Bonchev–Trinajstić information content (AvgIpc) is 2.23. The van der Waals surface area contributed by atoms with Crippen molar-refractivity contribution in [2.45, 2.75) is 33.2 Å². The number of methoxy groups -OCH3 is 1. The molecule has 1 heterocycles. The van der Waals surface area contributed by atoms with Crippen LogP contribution in [0.5, 0.6) is 5.88 Å².